The molecule has 0 N–H and O–H groups in total. The number of piperidine rings is 1. The van der Waals surface area contributed by atoms with Crippen LogP contribution in [0.3, 0.4) is 0 Å². The molecular weight excluding hydrogens is 318 g/mol. The van der Waals surface area contributed by atoms with E-state index in [1.54, 1.807) is 6.92 Å². The smallest absolute Gasteiger partial charge is 0.276 e. The summed E-state index contributed by atoms with van der Waals surface area (Å²) in [5.74, 6) is 0.892. The standard InChI is InChI=1S/C18H21N5O2/c1-11-8-16-20-15(9-12(2)23(16)21-11)14-4-6-22(7-5-14)18(24)17-13(3)25-10-19-17/h8-10,14H,4-7H2,1-3H3. The minimum absolute atomic E-state index is 0.0456. The summed E-state index contributed by atoms with van der Waals surface area (Å²) in [6.45, 7) is 7.21. The Hall–Kier alpha value is -2.70. The molecule has 0 spiro atoms. The summed E-state index contributed by atoms with van der Waals surface area (Å²) in [7, 11) is 0. The van der Waals surface area contributed by atoms with Crippen molar-refractivity contribution >= 4 is 11.6 Å². The second-order valence-corrected chi connectivity index (χ2v) is 6.70. The van der Waals surface area contributed by atoms with E-state index in [0.717, 1.165) is 35.6 Å². The number of carbonyl (C=O) groups excluding carboxylic acids is 1. The fourth-order valence-corrected chi connectivity index (χ4v) is 3.51. The second kappa shape index (κ2) is 5.98. The van der Waals surface area contributed by atoms with E-state index in [-0.39, 0.29) is 5.91 Å². The third-order valence-corrected chi connectivity index (χ3v) is 4.90. The van der Waals surface area contributed by atoms with E-state index >= 15 is 0 Å². The van der Waals surface area contributed by atoms with E-state index < -0.39 is 0 Å². The Morgan fingerprint density at radius 1 is 1.20 bits per heavy atom. The summed E-state index contributed by atoms with van der Waals surface area (Å²) in [5.41, 5.74) is 4.46. The molecule has 1 amide bonds. The van der Waals surface area contributed by atoms with Crippen LogP contribution in [-0.2, 0) is 0 Å². The number of amides is 1. The molecule has 25 heavy (non-hydrogen) atoms. The maximum atomic E-state index is 12.5. The van der Waals surface area contributed by atoms with E-state index in [0.29, 0.717) is 30.5 Å². The van der Waals surface area contributed by atoms with Crippen molar-refractivity contribution in [1.29, 1.82) is 0 Å². The number of likely N-dealkylation sites (tertiary alicyclic amines) is 1. The average molecular weight is 339 g/mol. The van der Waals surface area contributed by atoms with E-state index in [2.05, 4.69) is 23.1 Å². The maximum absolute atomic E-state index is 12.5. The van der Waals surface area contributed by atoms with Crippen LogP contribution >= 0.6 is 0 Å². The van der Waals surface area contributed by atoms with Gasteiger partial charge in [-0.15, -0.1) is 0 Å². The van der Waals surface area contributed by atoms with E-state index in [4.69, 9.17) is 9.40 Å². The second-order valence-electron chi connectivity index (χ2n) is 6.70. The third kappa shape index (κ3) is 2.79. The molecule has 0 atom stereocenters. The van der Waals surface area contributed by atoms with Gasteiger partial charge in [-0.2, -0.15) is 5.10 Å². The molecule has 0 saturated carbocycles. The van der Waals surface area contributed by atoms with Crippen molar-refractivity contribution < 1.29 is 9.21 Å². The molecule has 3 aromatic rings. The monoisotopic (exact) mass is 339 g/mol. The van der Waals surface area contributed by atoms with Crippen LogP contribution in [0.2, 0.25) is 0 Å². The summed E-state index contributed by atoms with van der Waals surface area (Å²) in [6, 6.07) is 4.12. The Morgan fingerprint density at radius 3 is 2.64 bits per heavy atom. The zero-order chi connectivity index (χ0) is 17.6. The van der Waals surface area contributed by atoms with Crippen molar-refractivity contribution in [2.24, 2.45) is 0 Å². The zero-order valence-electron chi connectivity index (χ0n) is 14.7. The van der Waals surface area contributed by atoms with Crippen molar-refractivity contribution in [2.45, 2.75) is 39.5 Å². The van der Waals surface area contributed by atoms with Gasteiger partial charge < -0.3 is 9.32 Å². The summed E-state index contributed by atoms with van der Waals surface area (Å²) in [6.07, 6.45) is 3.13. The lowest BCUT2D eigenvalue weighted by Crippen LogP contribution is -2.38. The van der Waals surface area contributed by atoms with Gasteiger partial charge in [0.1, 0.15) is 5.76 Å². The van der Waals surface area contributed by atoms with Gasteiger partial charge in [-0.3, -0.25) is 4.79 Å². The fourth-order valence-electron chi connectivity index (χ4n) is 3.51. The van der Waals surface area contributed by atoms with Crippen LogP contribution in [0.5, 0.6) is 0 Å². The predicted molar refractivity (Wildman–Crippen MR) is 91.6 cm³/mol. The van der Waals surface area contributed by atoms with Crippen molar-refractivity contribution in [3.63, 3.8) is 0 Å². The summed E-state index contributed by atoms with van der Waals surface area (Å²) >= 11 is 0. The molecule has 0 radical (unpaired) electrons. The Labute approximate surface area is 145 Å². The largest absolute Gasteiger partial charge is 0.448 e. The minimum Gasteiger partial charge on any atom is -0.448 e. The Bertz CT molecular complexity index is 934. The summed E-state index contributed by atoms with van der Waals surface area (Å²) < 4.78 is 7.03. The molecule has 7 heteroatoms. The summed E-state index contributed by atoms with van der Waals surface area (Å²) in [5, 5.41) is 4.46. The number of hydrogen-bond donors (Lipinski definition) is 0. The Kier molecular flexibility index (Phi) is 3.78. The first-order valence-corrected chi connectivity index (χ1v) is 8.56. The molecule has 130 valence electrons. The highest BCUT2D eigenvalue weighted by molar-refractivity contribution is 5.93. The fraction of sp³-hybridized carbons (Fsp3) is 0.444. The van der Waals surface area contributed by atoms with Crippen LogP contribution in [0.25, 0.3) is 5.65 Å². The maximum Gasteiger partial charge on any atom is 0.276 e. The number of hydrogen-bond acceptors (Lipinski definition) is 5. The van der Waals surface area contributed by atoms with Gasteiger partial charge in [0.15, 0.2) is 17.7 Å². The number of carbonyl (C=O) groups is 1. The normalized spacial score (nSPS) is 15.9. The molecule has 4 heterocycles. The zero-order valence-corrected chi connectivity index (χ0v) is 14.7. The molecule has 3 aromatic heterocycles. The van der Waals surface area contributed by atoms with E-state index in [1.807, 2.05) is 22.4 Å². The van der Waals surface area contributed by atoms with Gasteiger partial charge in [0, 0.05) is 36.5 Å². The molecule has 0 unspecified atom stereocenters. The molecule has 1 fully saturated rings. The van der Waals surface area contributed by atoms with Crippen LogP contribution in [0.1, 0.15) is 52.1 Å². The first-order valence-electron chi connectivity index (χ1n) is 8.56. The molecule has 0 aromatic carbocycles. The highest BCUT2D eigenvalue weighted by Crippen LogP contribution is 2.28. The first-order chi connectivity index (χ1) is 12.0. The van der Waals surface area contributed by atoms with Crippen LogP contribution in [0.15, 0.2) is 22.9 Å². The van der Waals surface area contributed by atoms with Gasteiger partial charge in [-0.1, -0.05) is 0 Å². The average Bonchev–Trinajstić information content (AvgIpc) is 3.19. The minimum atomic E-state index is -0.0456. The number of aromatic nitrogens is 4. The Balaban J connectivity index is 1.50. The van der Waals surface area contributed by atoms with Gasteiger partial charge >= 0.3 is 0 Å². The van der Waals surface area contributed by atoms with Crippen molar-refractivity contribution in [2.75, 3.05) is 13.1 Å². The molecule has 1 aliphatic heterocycles. The number of nitrogens with zero attached hydrogens (tertiary/aromatic N) is 5. The molecule has 4 rings (SSSR count). The topological polar surface area (TPSA) is 76.5 Å². The summed E-state index contributed by atoms with van der Waals surface area (Å²) in [4.78, 5) is 23.2. The van der Waals surface area contributed by atoms with Gasteiger partial charge in [0.05, 0.1) is 5.69 Å². The van der Waals surface area contributed by atoms with Crippen molar-refractivity contribution in [1.82, 2.24) is 24.5 Å². The third-order valence-electron chi connectivity index (χ3n) is 4.90. The van der Waals surface area contributed by atoms with Crippen LogP contribution in [-0.4, -0.2) is 43.5 Å². The number of fused-ring (bicyclic) bond motifs is 1. The van der Waals surface area contributed by atoms with Crippen LogP contribution < -0.4 is 0 Å². The van der Waals surface area contributed by atoms with Gasteiger partial charge in [-0.25, -0.2) is 14.5 Å². The lowest BCUT2D eigenvalue weighted by molar-refractivity contribution is 0.0705. The number of oxazole rings is 1. The Morgan fingerprint density at radius 2 is 1.96 bits per heavy atom. The highest BCUT2D eigenvalue weighted by atomic mass is 16.3. The van der Waals surface area contributed by atoms with Gasteiger partial charge in [-0.05, 0) is 39.7 Å². The molecule has 1 saturated heterocycles. The molecule has 0 bridgehead atoms. The number of aryl methyl sites for hydroxylation is 3. The highest BCUT2D eigenvalue weighted by Gasteiger charge is 2.28. The van der Waals surface area contributed by atoms with E-state index in [9.17, 15) is 4.79 Å². The SMILES string of the molecule is Cc1cc2nc(C3CCN(C(=O)c4ncoc4C)CC3)cc(C)n2n1. The lowest BCUT2D eigenvalue weighted by Gasteiger charge is -2.31. The van der Waals surface area contributed by atoms with E-state index in [1.165, 1.54) is 6.39 Å². The van der Waals surface area contributed by atoms with Crippen LogP contribution in [0, 0.1) is 20.8 Å². The lowest BCUT2D eigenvalue weighted by atomic mass is 9.92. The first kappa shape index (κ1) is 15.8. The van der Waals surface area contributed by atoms with Gasteiger partial charge in [0.2, 0.25) is 0 Å². The van der Waals surface area contributed by atoms with Crippen LogP contribution in [0.4, 0.5) is 0 Å². The quantitative estimate of drug-likeness (QED) is 0.717. The molecule has 7 nitrogen and oxygen atoms in total. The predicted octanol–water partition coefficient (Wildman–Crippen LogP) is 2.66. The molecule has 1 aliphatic rings. The van der Waals surface area contributed by atoms with Crippen molar-refractivity contribution in [3.05, 3.63) is 47.1 Å². The molecular formula is C18H21N5O2. The molecule has 0 aliphatic carbocycles. The van der Waals surface area contributed by atoms with Crippen molar-refractivity contribution in [3.8, 4) is 0 Å². The van der Waals surface area contributed by atoms with Gasteiger partial charge in [0.25, 0.3) is 5.91 Å². The number of rotatable bonds is 2.